The molecule has 2 aliphatic rings. The standard InChI is InChI=1S/C27H24N2O2/c1-2-17-29-19-22-15-9-10-16-23(22)24-27(26(29)30,18-20-11-5-3-6-12-20)28-25(31-24)21-13-7-4-8-14-21/h2-16,24H,1,17-19H2/t24-,27-/m0/s1. The zero-order valence-corrected chi connectivity index (χ0v) is 17.3. The van der Waals surface area contributed by atoms with Gasteiger partial charge < -0.3 is 9.64 Å². The topological polar surface area (TPSA) is 41.9 Å². The lowest BCUT2D eigenvalue weighted by Crippen LogP contribution is -2.49. The van der Waals surface area contributed by atoms with Crippen molar-refractivity contribution in [2.45, 2.75) is 24.6 Å². The van der Waals surface area contributed by atoms with Crippen molar-refractivity contribution < 1.29 is 9.53 Å². The van der Waals surface area contributed by atoms with Crippen LogP contribution in [0.3, 0.4) is 0 Å². The number of nitrogens with zero attached hydrogens (tertiary/aromatic N) is 2. The molecule has 5 rings (SSSR count). The molecule has 0 unspecified atom stereocenters. The second-order valence-electron chi connectivity index (χ2n) is 8.04. The number of ether oxygens (including phenoxy) is 1. The highest BCUT2D eigenvalue weighted by Crippen LogP contribution is 2.46. The number of carbonyl (C=O) groups is 1. The summed E-state index contributed by atoms with van der Waals surface area (Å²) >= 11 is 0. The summed E-state index contributed by atoms with van der Waals surface area (Å²) in [5, 5.41) is 0. The highest BCUT2D eigenvalue weighted by molar-refractivity contribution is 6.01. The molecular formula is C27H24N2O2. The third kappa shape index (κ3) is 3.34. The second-order valence-corrected chi connectivity index (χ2v) is 8.04. The SMILES string of the molecule is C=CCN1Cc2ccccc2[C@@H]2OC(c3ccccc3)=N[C@]2(Cc2ccccc2)C1=O. The predicted octanol–water partition coefficient (Wildman–Crippen LogP) is 4.71. The average Bonchev–Trinajstić information content (AvgIpc) is 3.16. The third-order valence-electron chi connectivity index (χ3n) is 6.01. The van der Waals surface area contributed by atoms with Gasteiger partial charge in [0.25, 0.3) is 5.91 Å². The van der Waals surface area contributed by atoms with E-state index in [1.54, 1.807) is 6.08 Å². The first-order valence-electron chi connectivity index (χ1n) is 10.6. The molecular weight excluding hydrogens is 384 g/mol. The maximum atomic E-state index is 14.1. The van der Waals surface area contributed by atoms with Gasteiger partial charge in [-0.1, -0.05) is 78.9 Å². The summed E-state index contributed by atoms with van der Waals surface area (Å²) in [5.74, 6) is 0.494. The molecule has 2 aliphatic heterocycles. The van der Waals surface area contributed by atoms with E-state index in [1.807, 2.05) is 77.7 Å². The van der Waals surface area contributed by atoms with E-state index < -0.39 is 11.6 Å². The number of hydrogen-bond acceptors (Lipinski definition) is 3. The van der Waals surface area contributed by atoms with Gasteiger partial charge in [0.05, 0.1) is 0 Å². The van der Waals surface area contributed by atoms with Crippen molar-refractivity contribution in [2.75, 3.05) is 6.54 Å². The first kappa shape index (κ1) is 19.3. The fourth-order valence-electron chi connectivity index (χ4n) is 4.57. The Labute approximate surface area is 182 Å². The Balaban J connectivity index is 1.71. The van der Waals surface area contributed by atoms with Gasteiger partial charge in [-0.2, -0.15) is 0 Å². The lowest BCUT2D eigenvalue weighted by atomic mass is 9.81. The van der Waals surface area contributed by atoms with Gasteiger partial charge in [-0.15, -0.1) is 6.58 Å². The lowest BCUT2D eigenvalue weighted by molar-refractivity contribution is -0.139. The van der Waals surface area contributed by atoms with Crippen molar-refractivity contribution in [3.05, 3.63) is 120 Å². The molecule has 0 aromatic heterocycles. The Morgan fingerprint density at radius 2 is 1.68 bits per heavy atom. The van der Waals surface area contributed by atoms with Crippen LogP contribution in [0.2, 0.25) is 0 Å². The molecule has 0 saturated heterocycles. The fraction of sp³-hybridized carbons (Fsp3) is 0.185. The van der Waals surface area contributed by atoms with Gasteiger partial charge in [-0.25, -0.2) is 4.99 Å². The van der Waals surface area contributed by atoms with E-state index in [0.717, 1.165) is 22.3 Å². The number of aliphatic imine (C=N–C) groups is 1. The second kappa shape index (κ2) is 7.88. The lowest BCUT2D eigenvalue weighted by Gasteiger charge is -2.32. The third-order valence-corrected chi connectivity index (χ3v) is 6.01. The van der Waals surface area contributed by atoms with Crippen LogP contribution in [0.1, 0.15) is 28.4 Å². The van der Waals surface area contributed by atoms with Crippen molar-refractivity contribution in [1.29, 1.82) is 0 Å². The Morgan fingerprint density at radius 1 is 1.00 bits per heavy atom. The van der Waals surface area contributed by atoms with Crippen LogP contribution in [0.25, 0.3) is 0 Å². The predicted molar refractivity (Wildman–Crippen MR) is 122 cm³/mol. The van der Waals surface area contributed by atoms with Crippen molar-refractivity contribution in [3.63, 3.8) is 0 Å². The molecule has 154 valence electrons. The normalized spacial score (nSPS) is 22.1. The first-order chi connectivity index (χ1) is 15.2. The average molecular weight is 409 g/mol. The molecule has 4 nitrogen and oxygen atoms in total. The molecule has 1 amide bonds. The molecule has 0 N–H and O–H groups in total. The van der Waals surface area contributed by atoms with Crippen molar-refractivity contribution >= 4 is 11.8 Å². The molecule has 0 fully saturated rings. The molecule has 2 heterocycles. The van der Waals surface area contributed by atoms with Crippen LogP contribution in [0.4, 0.5) is 0 Å². The molecule has 2 atom stereocenters. The number of carbonyl (C=O) groups excluding carboxylic acids is 1. The Hall–Kier alpha value is -3.66. The Bertz CT molecular complexity index is 1140. The monoisotopic (exact) mass is 408 g/mol. The van der Waals surface area contributed by atoms with Gasteiger partial charge in [0.1, 0.15) is 0 Å². The van der Waals surface area contributed by atoms with Crippen LogP contribution in [0.15, 0.2) is 103 Å². The number of fused-ring (bicyclic) bond motifs is 3. The smallest absolute Gasteiger partial charge is 0.255 e. The quantitative estimate of drug-likeness (QED) is 0.574. The van der Waals surface area contributed by atoms with E-state index in [4.69, 9.17) is 9.73 Å². The van der Waals surface area contributed by atoms with Crippen LogP contribution in [-0.2, 0) is 22.5 Å². The van der Waals surface area contributed by atoms with Gasteiger partial charge in [0.15, 0.2) is 11.6 Å². The summed E-state index contributed by atoms with van der Waals surface area (Å²) in [6.07, 6.45) is 1.76. The summed E-state index contributed by atoms with van der Waals surface area (Å²) in [5.41, 5.74) is 2.97. The van der Waals surface area contributed by atoms with E-state index in [-0.39, 0.29) is 5.91 Å². The van der Waals surface area contributed by atoms with Crippen LogP contribution < -0.4 is 0 Å². The summed E-state index contributed by atoms with van der Waals surface area (Å²) in [6, 6.07) is 28.0. The Morgan fingerprint density at radius 3 is 2.42 bits per heavy atom. The van der Waals surface area contributed by atoms with Crippen molar-refractivity contribution in [3.8, 4) is 0 Å². The highest BCUT2D eigenvalue weighted by atomic mass is 16.5. The summed E-state index contributed by atoms with van der Waals surface area (Å²) in [6.45, 7) is 4.86. The molecule has 0 spiro atoms. The van der Waals surface area contributed by atoms with Gasteiger partial charge in [-0.3, -0.25) is 4.79 Å². The van der Waals surface area contributed by atoms with Gasteiger partial charge in [0, 0.05) is 30.6 Å². The van der Waals surface area contributed by atoms with E-state index in [2.05, 4.69) is 18.7 Å². The van der Waals surface area contributed by atoms with Crippen molar-refractivity contribution in [1.82, 2.24) is 4.90 Å². The van der Waals surface area contributed by atoms with E-state index in [0.29, 0.717) is 25.4 Å². The molecule has 4 heteroatoms. The van der Waals surface area contributed by atoms with E-state index >= 15 is 0 Å². The minimum atomic E-state index is -1.07. The van der Waals surface area contributed by atoms with Gasteiger partial charge in [-0.05, 0) is 23.3 Å². The maximum absolute atomic E-state index is 14.1. The number of amides is 1. The number of hydrogen-bond donors (Lipinski definition) is 0. The summed E-state index contributed by atoms with van der Waals surface area (Å²) in [4.78, 5) is 21.0. The van der Waals surface area contributed by atoms with Gasteiger partial charge in [0.2, 0.25) is 5.90 Å². The Kier molecular flexibility index (Phi) is 4.91. The molecule has 31 heavy (non-hydrogen) atoms. The molecule has 0 aliphatic carbocycles. The summed E-state index contributed by atoms with van der Waals surface area (Å²) in [7, 11) is 0. The molecule has 0 bridgehead atoms. The van der Waals surface area contributed by atoms with Crippen LogP contribution >= 0.6 is 0 Å². The number of benzene rings is 3. The first-order valence-corrected chi connectivity index (χ1v) is 10.6. The summed E-state index contributed by atoms with van der Waals surface area (Å²) < 4.78 is 6.51. The zero-order chi connectivity index (χ0) is 21.3. The van der Waals surface area contributed by atoms with Crippen LogP contribution in [0, 0.1) is 0 Å². The highest BCUT2D eigenvalue weighted by Gasteiger charge is 2.56. The van der Waals surface area contributed by atoms with Crippen molar-refractivity contribution in [2.24, 2.45) is 4.99 Å². The molecule has 0 saturated carbocycles. The van der Waals surface area contributed by atoms with Gasteiger partial charge >= 0.3 is 0 Å². The molecule has 0 radical (unpaired) electrons. The van der Waals surface area contributed by atoms with Crippen LogP contribution in [-0.4, -0.2) is 28.8 Å². The van der Waals surface area contributed by atoms with E-state index in [1.165, 1.54) is 0 Å². The largest absolute Gasteiger partial charge is 0.466 e. The maximum Gasteiger partial charge on any atom is 0.255 e. The zero-order valence-electron chi connectivity index (χ0n) is 17.3. The number of rotatable bonds is 5. The van der Waals surface area contributed by atoms with E-state index in [9.17, 15) is 4.79 Å². The van der Waals surface area contributed by atoms with Crippen LogP contribution in [0.5, 0.6) is 0 Å². The molecule has 3 aromatic carbocycles. The minimum Gasteiger partial charge on any atom is -0.466 e. The molecule has 3 aromatic rings. The fourth-order valence-corrected chi connectivity index (χ4v) is 4.57. The minimum absolute atomic E-state index is 0.0246.